The number of ether oxygens (including phenoxy) is 1. The molecule has 3 heterocycles. The Morgan fingerprint density at radius 2 is 2.24 bits per heavy atom. The Balaban J connectivity index is 1.71. The molecule has 1 aromatic rings. The fraction of sp³-hybridized carbons (Fsp3) is 0.636. The summed E-state index contributed by atoms with van der Waals surface area (Å²) in [7, 11) is 0. The summed E-state index contributed by atoms with van der Waals surface area (Å²) in [6, 6.07) is 0. The van der Waals surface area contributed by atoms with Crippen LogP contribution in [0.15, 0.2) is 5.38 Å². The first-order valence-corrected chi connectivity index (χ1v) is 6.65. The van der Waals surface area contributed by atoms with Crippen molar-refractivity contribution in [2.45, 2.75) is 31.5 Å². The highest BCUT2D eigenvalue weighted by molar-refractivity contribution is 7.13. The Hall–Kier alpha value is -1.14. The van der Waals surface area contributed by atoms with Gasteiger partial charge in [0.1, 0.15) is 0 Å². The van der Waals surface area contributed by atoms with Crippen LogP contribution in [-0.4, -0.2) is 41.4 Å². The Kier molecular flexibility index (Phi) is 2.76. The fourth-order valence-electron chi connectivity index (χ4n) is 2.45. The predicted octanol–water partition coefficient (Wildman–Crippen LogP) is 1.14. The molecule has 0 saturated carbocycles. The molecule has 3 rings (SSSR count). The Labute approximate surface area is 103 Å². The number of thiazole rings is 1. The van der Waals surface area contributed by atoms with Crippen molar-refractivity contribution in [2.75, 3.05) is 18.0 Å². The molecule has 1 aromatic heterocycles. The molecule has 2 aliphatic heterocycles. The summed E-state index contributed by atoms with van der Waals surface area (Å²) in [4.78, 5) is 17.2. The molecule has 6 heteroatoms. The van der Waals surface area contributed by atoms with Gasteiger partial charge in [-0.15, -0.1) is 11.3 Å². The van der Waals surface area contributed by atoms with E-state index < -0.39 is 5.97 Å². The lowest BCUT2D eigenvalue weighted by atomic mass is 10.2. The molecular formula is C11H14N2O3S. The van der Waals surface area contributed by atoms with Crippen LogP contribution < -0.4 is 4.90 Å². The average Bonchev–Trinajstić information content (AvgIpc) is 2.85. The van der Waals surface area contributed by atoms with Crippen LogP contribution in [-0.2, 0) is 16.0 Å². The number of carboxylic acid groups (broad SMARTS) is 1. The second kappa shape index (κ2) is 4.27. The van der Waals surface area contributed by atoms with Gasteiger partial charge < -0.3 is 14.7 Å². The van der Waals surface area contributed by atoms with E-state index in [0.717, 1.165) is 31.1 Å². The average molecular weight is 254 g/mol. The Morgan fingerprint density at radius 1 is 1.53 bits per heavy atom. The van der Waals surface area contributed by atoms with Crippen molar-refractivity contribution in [2.24, 2.45) is 0 Å². The number of carboxylic acids is 1. The maximum absolute atomic E-state index is 10.6. The minimum atomic E-state index is -0.830. The molecule has 0 radical (unpaired) electrons. The Morgan fingerprint density at radius 3 is 2.88 bits per heavy atom. The normalized spacial score (nSPS) is 27.4. The van der Waals surface area contributed by atoms with Crippen molar-refractivity contribution in [3.63, 3.8) is 0 Å². The monoisotopic (exact) mass is 254 g/mol. The lowest BCUT2D eigenvalue weighted by Crippen LogP contribution is -2.42. The molecule has 2 atom stereocenters. The number of morpholine rings is 1. The van der Waals surface area contributed by atoms with Crippen LogP contribution in [0.3, 0.4) is 0 Å². The van der Waals surface area contributed by atoms with Gasteiger partial charge in [0, 0.05) is 18.5 Å². The van der Waals surface area contributed by atoms with Crippen molar-refractivity contribution in [3.8, 4) is 0 Å². The SMILES string of the molecule is O=C(O)Cc1csc(N2CC3CCC(C2)O3)n1. The third-order valence-electron chi connectivity index (χ3n) is 3.19. The summed E-state index contributed by atoms with van der Waals surface area (Å²) in [5.41, 5.74) is 0.649. The van der Waals surface area contributed by atoms with Gasteiger partial charge in [0.15, 0.2) is 5.13 Å². The van der Waals surface area contributed by atoms with Gasteiger partial charge in [-0.05, 0) is 12.8 Å². The maximum atomic E-state index is 10.6. The largest absolute Gasteiger partial charge is 0.481 e. The number of anilines is 1. The van der Waals surface area contributed by atoms with E-state index in [2.05, 4.69) is 9.88 Å². The number of fused-ring (bicyclic) bond motifs is 2. The maximum Gasteiger partial charge on any atom is 0.309 e. The first kappa shape index (κ1) is 11.0. The highest BCUT2D eigenvalue weighted by Crippen LogP contribution is 2.31. The van der Waals surface area contributed by atoms with Gasteiger partial charge in [-0.2, -0.15) is 0 Å². The number of carbonyl (C=O) groups is 1. The van der Waals surface area contributed by atoms with E-state index in [1.54, 1.807) is 0 Å². The predicted molar refractivity (Wildman–Crippen MR) is 63.6 cm³/mol. The number of hydrogen-bond donors (Lipinski definition) is 1. The van der Waals surface area contributed by atoms with Gasteiger partial charge in [-0.3, -0.25) is 4.79 Å². The van der Waals surface area contributed by atoms with Crippen LogP contribution >= 0.6 is 11.3 Å². The summed E-state index contributed by atoms with van der Waals surface area (Å²) in [6.45, 7) is 1.77. The van der Waals surface area contributed by atoms with Gasteiger partial charge in [0.05, 0.1) is 24.3 Å². The van der Waals surface area contributed by atoms with Crippen LogP contribution in [0.25, 0.3) is 0 Å². The fourth-order valence-corrected chi connectivity index (χ4v) is 3.29. The van der Waals surface area contributed by atoms with E-state index in [1.807, 2.05) is 5.38 Å². The molecule has 2 fully saturated rings. The minimum Gasteiger partial charge on any atom is -0.481 e. The quantitative estimate of drug-likeness (QED) is 0.876. The highest BCUT2D eigenvalue weighted by Gasteiger charge is 2.34. The number of hydrogen-bond acceptors (Lipinski definition) is 5. The van der Waals surface area contributed by atoms with Crippen molar-refractivity contribution in [1.82, 2.24) is 4.98 Å². The molecule has 0 amide bonds. The van der Waals surface area contributed by atoms with E-state index in [9.17, 15) is 4.79 Å². The van der Waals surface area contributed by atoms with Gasteiger partial charge in [0.2, 0.25) is 0 Å². The number of rotatable bonds is 3. The summed E-state index contributed by atoms with van der Waals surface area (Å²) >= 11 is 1.53. The summed E-state index contributed by atoms with van der Waals surface area (Å²) < 4.78 is 5.76. The number of aliphatic carboxylic acids is 1. The van der Waals surface area contributed by atoms with E-state index in [-0.39, 0.29) is 6.42 Å². The van der Waals surface area contributed by atoms with E-state index >= 15 is 0 Å². The standard InChI is InChI=1S/C11H14N2O3S/c14-10(15)3-7-6-17-11(12-7)13-4-8-1-2-9(5-13)16-8/h6,8-9H,1-5H2,(H,14,15). The van der Waals surface area contributed by atoms with Crippen LogP contribution in [0, 0.1) is 0 Å². The minimum absolute atomic E-state index is 0.00764. The molecule has 1 N–H and O–H groups in total. The number of nitrogens with zero attached hydrogens (tertiary/aromatic N) is 2. The zero-order valence-corrected chi connectivity index (χ0v) is 10.2. The molecule has 5 nitrogen and oxygen atoms in total. The molecular weight excluding hydrogens is 240 g/mol. The van der Waals surface area contributed by atoms with Crippen LogP contribution in [0.4, 0.5) is 5.13 Å². The van der Waals surface area contributed by atoms with Gasteiger partial charge in [-0.1, -0.05) is 0 Å². The molecule has 0 aromatic carbocycles. The van der Waals surface area contributed by atoms with Crippen molar-refractivity contribution < 1.29 is 14.6 Å². The molecule has 0 spiro atoms. The molecule has 0 aliphatic carbocycles. The van der Waals surface area contributed by atoms with Crippen molar-refractivity contribution >= 4 is 22.4 Å². The van der Waals surface area contributed by atoms with Gasteiger partial charge in [0.25, 0.3) is 0 Å². The third kappa shape index (κ3) is 2.28. The zero-order chi connectivity index (χ0) is 11.8. The molecule has 2 aliphatic rings. The molecule has 2 unspecified atom stereocenters. The van der Waals surface area contributed by atoms with Crippen LogP contribution in [0.2, 0.25) is 0 Å². The van der Waals surface area contributed by atoms with Gasteiger partial charge in [-0.25, -0.2) is 4.98 Å². The first-order valence-electron chi connectivity index (χ1n) is 5.77. The van der Waals surface area contributed by atoms with Crippen LogP contribution in [0.1, 0.15) is 18.5 Å². The molecule has 17 heavy (non-hydrogen) atoms. The highest BCUT2D eigenvalue weighted by atomic mass is 32.1. The van der Waals surface area contributed by atoms with Crippen LogP contribution in [0.5, 0.6) is 0 Å². The molecule has 2 saturated heterocycles. The molecule has 2 bridgehead atoms. The third-order valence-corrected chi connectivity index (χ3v) is 4.14. The summed E-state index contributed by atoms with van der Waals surface area (Å²) in [6.07, 6.45) is 2.94. The second-order valence-electron chi connectivity index (χ2n) is 4.55. The summed E-state index contributed by atoms with van der Waals surface area (Å²) in [5.74, 6) is -0.830. The summed E-state index contributed by atoms with van der Waals surface area (Å²) in [5, 5.41) is 11.5. The second-order valence-corrected chi connectivity index (χ2v) is 5.39. The lowest BCUT2D eigenvalue weighted by molar-refractivity contribution is -0.136. The van der Waals surface area contributed by atoms with E-state index in [1.165, 1.54) is 11.3 Å². The van der Waals surface area contributed by atoms with E-state index in [4.69, 9.17) is 9.84 Å². The van der Waals surface area contributed by atoms with Crippen molar-refractivity contribution in [3.05, 3.63) is 11.1 Å². The topological polar surface area (TPSA) is 62.7 Å². The molecule has 92 valence electrons. The zero-order valence-electron chi connectivity index (χ0n) is 9.33. The van der Waals surface area contributed by atoms with Gasteiger partial charge >= 0.3 is 5.97 Å². The first-order chi connectivity index (χ1) is 8.20. The lowest BCUT2D eigenvalue weighted by Gasteiger charge is -2.31. The smallest absolute Gasteiger partial charge is 0.309 e. The Bertz CT molecular complexity index is 422. The van der Waals surface area contributed by atoms with E-state index in [0.29, 0.717) is 17.9 Å². The van der Waals surface area contributed by atoms with Crippen molar-refractivity contribution in [1.29, 1.82) is 0 Å². The number of aromatic nitrogens is 1.